The molecule has 3 aromatic rings. The Morgan fingerprint density at radius 2 is 1.52 bits per heavy atom. The standard InChI is InChI=1S/C24H21NO2/c1-27-24(26)21-16-23(19-12-6-3-7-13-19)25(17-18-10-4-2-5-11-18)22-15-9-8-14-20(21)22/h2-16,23H,17H2,1H3. The second-order valence-corrected chi connectivity index (χ2v) is 6.56. The third-order valence-corrected chi connectivity index (χ3v) is 4.91. The van der Waals surface area contributed by atoms with Crippen molar-refractivity contribution in [3.63, 3.8) is 0 Å². The summed E-state index contributed by atoms with van der Waals surface area (Å²) in [5.74, 6) is -0.303. The molecule has 4 rings (SSSR count). The third kappa shape index (κ3) is 3.36. The number of fused-ring (bicyclic) bond motifs is 1. The Morgan fingerprint density at radius 3 is 2.22 bits per heavy atom. The normalized spacial score (nSPS) is 15.7. The van der Waals surface area contributed by atoms with Crippen molar-refractivity contribution >= 4 is 17.2 Å². The van der Waals surface area contributed by atoms with Crippen molar-refractivity contribution in [1.82, 2.24) is 0 Å². The van der Waals surface area contributed by atoms with Gasteiger partial charge in [-0.15, -0.1) is 0 Å². The molecule has 3 heteroatoms. The molecule has 0 saturated heterocycles. The lowest BCUT2D eigenvalue weighted by Gasteiger charge is -2.37. The van der Waals surface area contributed by atoms with Crippen molar-refractivity contribution in [3.05, 3.63) is 108 Å². The maximum Gasteiger partial charge on any atom is 0.338 e. The number of esters is 1. The van der Waals surface area contributed by atoms with Gasteiger partial charge in [0.05, 0.1) is 18.7 Å². The predicted octanol–water partition coefficient (Wildman–Crippen LogP) is 5.00. The van der Waals surface area contributed by atoms with Crippen molar-refractivity contribution in [2.24, 2.45) is 0 Å². The van der Waals surface area contributed by atoms with Gasteiger partial charge in [-0.25, -0.2) is 4.79 Å². The number of hydrogen-bond acceptors (Lipinski definition) is 3. The minimum Gasteiger partial charge on any atom is -0.465 e. The average Bonchev–Trinajstić information content (AvgIpc) is 2.74. The monoisotopic (exact) mass is 355 g/mol. The number of nitrogens with zero attached hydrogens (tertiary/aromatic N) is 1. The molecule has 0 aromatic heterocycles. The second-order valence-electron chi connectivity index (χ2n) is 6.56. The summed E-state index contributed by atoms with van der Waals surface area (Å²) in [6, 6.07) is 28.6. The smallest absolute Gasteiger partial charge is 0.338 e. The Balaban J connectivity index is 1.86. The minimum absolute atomic E-state index is 0.0459. The molecule has 0 saturated carbocycles. The van der Waals surface area contributed by atoms with Crippen LogP contribution in [0.1, 0.15) is 22.7 Å². The Bertz CT molecular complexity index is 964. The predicted molar refractivity (Wildman–Crippen MR) is 108 cm³/mol. The summed E-state index contributed by atoms with van der Waals surface area (Å²) in [4.78, 5) is 14.8. The Kier molecular flexibility index (Phi) is 4.75. The van der Waals surface area contributed by atoms with Crippen LogP contribution in [0.3, 0.4) is 0 Å². The zero-order valence-electron chi connectivity index (χ0n) is 15.2. The molecule has 0 aliphatic carbocycles. The molecule has 0 spiro atoms. The molecule has 3 aromatic carbocycles. The van der Waals surface area contributed by atoms with Crippen LogP contribution in [0, 0.1) is 0 Å². The fraction of sp³-hybridized carbons (Fsp3) is 0.125. The summed E-state index contributed by atoms with van der Waals surface area (Å²) >= 11 is 0. The van der Waals surface area contributed by atoms with Crippen molar-refractivity contribution in [1.29, 1.82) is 0 Å². The van der Waals surface area contributed by atoms with Gasteiger partial charge < -0.3 is 9.64 Å². The van der Waals surface area contributed by atoms with E-state index in [1.165, 1.54) is 12.7 Å². The zero-order valence-corrected chi connectivity index (χ0v) is 15.2. The average molecular weight is 355 g/mol. The lowest BCUT2D eigenvalue weighted by atomic mass is 9.91. The molecule has 1 unspecified atom stereocenters. The van der Waals surface area contributed by atoms with Crippen molar-refractivity contribution < 1.29 is 9.53 Å². The molecule has 1 aliphatic heterocycles. The molecule has 0 radical (unpaired) electrons. The lowest BCUT2D eigenvalue weighted by Crippen LogP contribution is -2.31. The van der Waals surface area contributed by atoms with Gasteiger partial charge >= 0.3 is 5.97 Å². The number of ether oxygens (including phenoxy) is 1. The number of para-hydroxylation sites is 1. The number of hydrogen-bond donors (Lipinski definition) is 0. The number of methoxy groups -OCH3 is 1. The van der Waals surface area contributed by atoms with E-state index in [2.05, 4.69) is 47.4 Å². The highest BCUT2D eigenvalue weighted by Crippen LogP contribution is 2.41. The van der Waals surface area contributed by atoms with Crippen molar-refractivity contribution in [2.45, 2.75) is 12.6 Å². The maximum absolute atomic E-state index is 12.5. The summed E-state index contributed by atoms with van der Waals surface area (Å²) in [7, 11) is 1.43. The van der Waals surface area contributed by atoms with Crippen LogP contribution in [0.2, 0.25) is 0 Å². The van der Waals surface area contributed by atoms with Crippen LogP contribution in [0.5, 0.6) is 0 Å². The second kappa shape index (κ2) is 7.50. The number of carbonyl (C=O) groups is 1. The first-order chi connectivity index (χ1) is 13.3. The van der Waals surface area contributed by atoms with Gasteiger partial charge in [-0.1, -0.05) is 78.9 Å². The van der Waals surface area contributed by atoms with Gasteiger partial charge in [-0.3, -0.25) is 0 Å². The van der Waals surface area contributed by atoms with Gasteiger partial charge in [0.2, 0.25) is 0 Å². The molecular formula is C24H21NO2. The van der Waals surface area contributed by atoms with E-state index in [4.69, 9.17) is 4.74 Å². The molecule has 1 heterocycles. The lowest BCUT2D eigenvalue weighted by molar-refractivity contribution is -0.133. The van der Waals surface area contributed by atoms with E-state index in [1.54, 1.807) is 0 Å². The van der Waals surface area contributed by atoms with Crippen molar-refractivity contribution in [3.8, 4) is 0 Å². The highest BCUT2D eigenvalue weighted by Gasteiger charge is 2.30. The molecule has 1 aliphatic rings. The van der Waals surface area contributed by atoms with Gasteiger partial charge in [0.25, 0.3) is 0 Å². The van der Waals surface area contributed by atoms with E-state index in [1.807, 2.05) is 48.5 Å². The summed E-state index contributed by atoms with van der Waals surface area (Å²) < 4.78 is 5.06. The quantitative estimate of drug-likeness (QED) is 0.617. The first-order valence-corrected chi connectivity index (χ1v) is 9.03. The molecule has 0 bridgehead atoms. The number of anilines is 1. The molecule has 3 nitrogen and oxygen atoms in total. The summed E-state index contributed by atoms with van der Waals surface area (Å²) in [5, 5.41) is 0. The summed E-state index contributed by atoms with van der Waals surface area (Å²) in [6.45, 7) is 0.752. The molecule has 134 valence electrons. The van der Waals surface area contributed by atoms with E-state index < -0.39 is 0 Å². The van der Waals surface area contributed by atoms with Crippen LogP contribution in [-0.4, -0.2) is 13.1 Å². The summed E-state index contributed by atoms with van der Waals surface area (Å²) in [5.41, 5.74) is 4.93. The van der Waals surface area contributed by atoms with Crippen LogP contribution in [0.15, 0.2) is 91.0 Å². The molecule has 1 atom stereocenters. The maximum atomic E-state index is 12.5. The number of carbonyl (C=O) groups excluding carboxylic acids is 1. The first kappa shape index (κ1) is 17.1. The fourth-order valence-electron chi connectivity index (χ4n) is 3.62. The van der Waals surface area contributed by atoms with Gasteiger partial charge in [-0.05, 0) is 23.3 Å². The van der Waals surface area contributed by atoms with Gasteiger partial charge in [-0.2, -0.15) is 0 Å². The Hall–Kier alpha value is -3.33. The van der Waals surface area contributed by atoms with Crippen LogP contribution >= 0.6 is 0 Å². The molecule has 0 N–H and O–H groups in total. The van der Waals surface area contributed by atoms with E-state index >= 15 is 0 Å². The largest absolute Gasteiger partial charge is 0.465 e. The molecular weight excluding hydrogens is 334 g/mol. The Labute approximate surface area is 159 Å². The summed E-state index contributed by atoms with van der Waals surface area (Å²) in [6.07, 6.45) is 2.02. The zero-order chi connectivity index (χ0) is 18.6. The van der Waals surface area contributed by atoms with Crippen LogP contribution in [0.25, 0.3) is 5.57 Å². The molecule has 27 heavy (non-hydrogen) atoms. The number of rotatable bonds is 4. The highest BCUT2D eigenvalue weighted by atomic mass is 16.5. The first-order valence-electron chi connectivity index (χ1n) is 9.03. The van der Waals surface area contributed by atoms with Crippen LogP contribution in [0.4, 0.5) is 5.69 Å². The van der Waals surface area contributed by atoms with Crippen molar-refractivity contribution in [2.75, 3.05) is 12.0 Å². The van der Waals surface area contributed by atoms with Gasteiger partial charge in [0.1, 0.15) is 0 Å². The van der Waals surface area contributed by atoms with Crippen LogP contribution in [-0.2, 0) is 16.1 Å². The highest BCUT2D eigenvalue weighted by molar-refractivity contribution is 6.19. The van der Waals surface area contributed by atoms with Crippen LogP contribution < -0.4 is 4.90 Å². The fourth-order valence-corrected chi connectivity index (χ4v) is 3.62. The minimum atomic E-state index is -0.303. The van der Waals surface area contributed by atoms with E-state index in [-0.39, 0.29) is 12.0 Å². The van der Waals surface area contributed by atoms with Gasteiger partial charge in [0, 0.05) is 17.8 Å². The van der Waals surface area contributed by atoms with E-state index in [9.17, 15) is 4.79 Å². The Morgan fingerprint density at radius 1 is 0.889 bits per heavy atom. The molecule has 0 fully saturated rings. The SMILES string of the molecule is COC(=O)C1=CC(c2ccccc2)N(Cc2ccccc2)c2ccccc21. The van der Waals surface area contributed by atoms with Gasteiger partial charge in [0.15, 0.2) is 0 Å². The number of benzene rings is 3. The third-order valence-electron chi connectivity index (χ3n) is 4.91. The topological polar surface area (TPSA) is 29.5 Å². The molecule has 0 amide bonds. The van der Waals surface area contributed by atoms with E-state index in [0.29, 0.717) is 5.57 Å². The van der Waals surface area contributed by atoms with E-state index in [0.717, 1.165) is 23.4 Å².